The first-order chi connectivity index (χ1) is 15.8. The molecule has 2 aromatic rings. The van der Waals surface area contributed by atoms with E-state index in [9.17, 15) is 21.6 Å². The van der Waals surface area contributed by atoms with Crippen molar-refractivity contribution >= 4 is 37.5 Å². The summed E-state index contributed by atoms with van der Waals surface area (Å²) in [4.78, 5) is 18.7. The van der Waals surface area contributed by atoms with Crippen LogP contribution in [0.4, 0.5) is 4.79 Å². The molecule has 1 amide bonds. The number of nitrogens with zero attached hydrogens (tertiary/aromatic N) is 3. The summed E-state index contributed by atoms with van der Waals surface area (Å²) in [6, 6.07) is 7.05. The number of hydrogen-bond donors (Lipinski definition) is 3. The van der Waals surface area contributed by atoms with Crippen molar-refractivity contribution in [1.82, 2.24) is 14.6 Å². The fourth-order valence-electron chi connectivity index (χ4n) is 3.36. The zero-order valence-corrected chi connectivity index (χ0v) is 20.6. The van der Waals surface area contributed by atoms with E-state index in [4.69, 9.17) is 20.3 Å². The SMILES string of the molecule is CCN(C(=O)OCc1ccc(CON(O)O)cc1)[C@H]1CN(C)S(=O)(=O)c2sc(S(N)(=O)=O)cc21. The van der Waals surface area contributed by atoms with Crippen LogP contribution in [0, 0.1) is 0 Å². The Kier molecular flexibility index (Phi) is 7.96. The monoisotopic (exact) mass is 536 g/mol. The zero-order valence-electron chi connectivity index (χ0n) is 18.2. The van der Waals surface area contributed by atoms with E-state index in [1.54, 1.807) is 31.2 Å². The molecule has 0 saturated carbocycles. The van der Waals surface area contributed by atoms with Crippen LogP contribution in [0.25, 0.3) is 0 Å². The highest BCUT2D eigenvalue weighted by atomic mass is 32.3. The third kappa shape index (κ3) is 5.73. The maximum absolute atomic E-state index is 12.9. The third-order valence-electron chi connectivity index (χ3n) is 5.10. The smallest absolute Gasteiger partial charge is 0.410 e. The van der Waals surface area contributed by atoms with Gasteiger partial charge in [0.1, 0.15) is 15.0 Å². The number of primary sulfonamides is 1. The zero-order chi connectivity index (χ0) is 25.3. The third-order valence-corrected chi connectivity index (χ3v) is 10.0. The van der Waals surface area contributed by atoms with Crippen LogP contribution in [0.2, 0.25) is 0 Å². The van der Waals surface area contributed by atoms with Gasteiger partial charge in [-0.25, -0.2) is 31.6 Å². The van der Waals surface area contributed by atoms with Crippen LogP contribution >= 0.6 is 11.3 Å². The van der Waals surface area contributed by atoms with Crippen LogP contribution in [-0.2, 0) is 42.8 Å². The lowest BCUT2D eigenvalue weighted by Crippen LogP contribution is -2.45. The number of fused-ring (bicyclic) bond motifs is 1. The van der Waals surface area contributed by atoms with Gasteiger partial charge in [0, 0.05) is 25.7 Å². The molecule has 0 fully saturated rings. The maximum Gasteiger partial charge on any atom is 0.410 e. The largest absolute Gasteiger partial charge is 0.445 e. The molecule has 13 nitrogen and oxygen atoms in total. The van der Waals surface area contributed by atoms with Gasteiger partial charge in [0.25, 0.3) is 10.0 Å². The minimum Gasteiger partial charge on any atom is -0.445 e. The molecule has 0 spiro atoms. The first-order valence-corrected chi connectivity index (χ1v) is 13.6. The normalized spacial score (nSPS) is 18.0. The predicted octanol–water partition coefficient (Wildman–Crippen LogP) is 1.24. The van der Waals surface area contributed by atoms with Gasteiger partial charge < -0.3 is 9.64 Å². The molecule has 4 N–H and O–H groups in total. The Morgan fingerprint density at radius 1 is 1.24 bits per heavy atom. The predicted molar refractivity (Wildman–Crippen MR) is 117 cm³/mol. The molecule has 1 atom stereocenters. The standard InChI is InChI=1S/C18H24N4O9S3/c1-3-21(18(23)30-10-12-4-6-13(7-5-12)11-31-22(24)25)15-9-20(2)34(28,29)17-14(15)8-16(32-17)33(19,26)27/h4-8,15,24-25H,3,9-11H2,1-2H3,(H2,19,26,27)/t15-/m0/s1. The van der Waals surface area contributed by atoms with Gasteiger partial charge in [-0.15, -0.1) is 11.3 Å². The summed E-state index contributed by atoms with van der Waals surface area (Å²) in [6.45, 7) is 1.62. The molecule has 0 bridgehead atoms. The number of rotatable bonds is 8. The van der Waals surface area contributed by atoms with E-state index in [0.29, 0.717) is 22.5 Å². The quantitative estimate of drug-likeness (QED) is 0.415. The van der Waals surface area contributed by atoms with E-state index in [1.807, 2.05) is 0 Å². The lowest BCUT2D eigenvalue weighted by Gasteiger charge is -2.36. The molecular weight excluding hydrogens is 512 g/mol. The second-order valence-electron chi connectivity index (χ2n) is 7.34. The molecule has 0 aliphatic carbocycles. The van der Waals surface area contributed by atoms with E-state index in [1.165, 1.54) is 18.0 Å². The average Bonchev–Trinajstić information content (AvgIpc) is 3.23. The molecule has 16 heteroatoms. The molecule has 3 rings (SSSR count). The van der Waals surface area contributed by atoms with Crippen molar-refractivity contribution < 1.29 is 41.6 Å². The summed E-state index contributed by atoms with van der Waals surface area (Å²) >= 11 is 0.548. The van der Waals surface area contributed by atoms with E-state index >= 15 is 0 Å². The minimum absolute atomic E-state index is 0.0810. The van der Waals surface area contributed by atoms with Gasteiger partial charge in [-0.2, -0.15) is 4.31 Å². The van der Waals surface area contributed by atoms with Crippen molar-refractivity contribution in [3.8, 4) is 0 Å². The van der Waals surface area contributed by atoms with Gasteiger partial charge in [-0.3, -0.25) is 10.4 Å². The summed E-state index contributed by atoms with van der Waals surface area (Å²) in [5, 5.41) is 22.0. The van der Waals surface area contributed by atoms with Gasteiger partial charge in [0.2, 0.25) is 10.0 Å². The number of carbonyl (C=O) groups is 1. The molecule has 1 aromatic carbocycles. The number of sulfonamides is 2. The molecule has 1 aromatic heterocycles. The van der Waals surface area contributed by atoms with E-state index in [0.717, 1.165) is 4.31 Å². The fourth-order valence-corrected chi connectivity index (χ4v) is 7.39. The number of amides is 1. The Morgan fingerprint density at radius 3 is 2.35 bits per heavy atom. The molecule has 188 valence electrons. The van der Waals surface area contributed by atoms with E-state index in [2.05, 4.69) is 4.84 Å². The lowest BCUT2D eigenvalue weighted by molar-refractivity contribution is -0.497. The Morgan fingerprint density at radius 2 is 1.82 bits per heavy atom. The van der Waals surface area contributed by atoms with Gasteiger partial charge in [0.05, 0.1) is 18.0 Å². The Hall–Kier alpha value is -2.15. The Bertz CT molecular complexity index is 1240. The summed E-state index contributed by atoms with van der Waals surface area (Å²) in [6.07, 6.45) is -0.710. The van der Waals surface area contributed by atoms with E-state index < -0.39 is 37.6 Å². The van der Waals surface area contributed by atoms with Crippen molar-refractivity contribution in [1.29, 1.82) is 0 Å². The summed E-state index contributed by atoms with van der Waals surface area (Å²) in [5.74, 6) is 0. The van der Waals surface area contributed by atoms with Crippen LogP contribution in [-0.4, -0.2) is 68.1 Å². The van der Waals surface area contributed by atoms with E-state index in [-0.39, 0.29) is 40.3 Å². The Labute approximate surface area is 200 Å². The average molecular weight is 537 g/mol. The van der Waals surface area contributed by atoms with Crippen LogP contribution in [0.15, 0.2) is 38.8 Å². The number of hydrogen-bond acceptors (Lipinski definition) is 11. The Balaban J connectivity index is 1.78. The molecule has 1 aliphatic rings. The number of ether oxygens (including phenoxy) is 1. The molecular formula is C18H24N4O9S3. The van der Waals surface area contributed by atoms with Crippen molar-refractivity contribution in [3.63, 3.8) is 0 Å². The highest BCUT2D eigenvalue weighted by molar-refractivity contribution is 7.94. The number of thiophene rings is 1. The van der Waals surface area contributed by atoms with Crippen molar-refractivity contribution in [3.05, 3.63) is 47.0 Å². The number of carbonyl (C=O) groups excluding carboxylic acids is 1. The molecule has 34 heavy (non-hydrogen) atoms. The second-order valence-corrected chi connectivity index (χ2v) is 12.4. The fraction of sp³-hybridized carbons (Fsp3) is 0.389. The topological polar surface area (TPSA) is 180 Å². The molecule has 0 radical (unpaired) electrons. The van der Waals surface area contributed by atoms with Gasteiger partial charge >= 0.3 is 6.09 Å². The van der Waals surface area contributed by atoms with Crippen LogP contribution in [0.1, 0.15) is 29.7 Å². The van der Waals surface area contributed by atoms with Crippen LogP contribution < -0.4 is 5.14 Å². The summed E-state index contributed by atoms with van der Waals surface area (Å²) in [5.41, 5.74) is 1.46. The molecule has 0 saturated heterocycles. The number of benzene rings is 1. The molecule has 1 aliphatic heterocycles. The van der Waals surface area contributed by atoms with Crippen LogP contribution in [0.5, 0.6) is 0 Å². The maximum atomic E-state index is 12.9. The lowest BCUT2D eigenvalue weighted by atomic mass is 10.1. The highest BCUT2D eigenvalue weighted by Crippen LogP contribution is 2.41. The van der Waals surface area contributed by atoms with Crippen LogP contribution in [0.3, 0.4) is 0 Å². The van der Waals surface area contributed by atoms with Gasteiger partial charge in [-0.05, 0) is 24.1 Å². The van der Waals surface area contributed by atoms with Crippen molar-refractivity contribution in [2.45, 2.75) is 34.6 Å². The summed E-state index contributed by atoms with van der Waals surface area (Å²) in [7, 11) is -6.71. The number of nitrogens with two attached hydrogens (primary N) is 1. The van der Waals surface area contributed by atoms with Gasteiger partial charge in [0.15, 0.2) is 0 Å². The summed E-state index contributed by atoms with van der Waals surface area (Å²) < 4.78 is 55.1. The number of likely N-dealkylation sites (N-methyl/N-ethyl adjacent to an activating group) is 2. The first-order valence-electron chi connectivity index (χ1n) is 9.79. The van der Waals surface area contributed by atoms with Gasteiger partial charge in [-0.1, -0.05) is 24.3 Å². The van der Waals surface area contributed by atoms with Crippen molar-refractivity contribution in [2.24, 2.45) is 5.14 Å². The highest BCUT2D eigenvalue weighted by Gasteiger charge is 2.41. The first kappa shape index (κ1) is 26.5. The molecule has 0 unspecified atom stereocenters. The molecule has 2 heterocycles. The minimum atomic E-state index is -4.14. The van der Waals surface area contributed by atoms with Crippen molar-refractivity contribution in [2.75, 3.05) is 20.1 Å². The second kappa shape index (κ2) is 10.2.